The van der Waals surface area contributed by atoms with Crippen LogP contribution in [0.3, 0.4) is 0 Å². The van der Waals surface area contributed by atoms with Gasteiger partial charge in [0, 0.05) is 18.4 Å². The van der Waals surface area contributed by atoms with Gasteiger partial charge < -0.3 is 9.73 Å². The van der Waals surface area contributed by atoms with Crippen LogP contribution in [0, 0.1) is 0 Å². The molecule has 2 heterocycles. The van der Waals surface area contributed by atoms with Crippen LogP contribution < -0.4 is 5.32 Å². The summed E-state index contributed by atoms with van der Waals surface area (Å²) in [6, 6.07) is 12.8. The number of hydrogen-bond donors (Lipinski definition) is 1. The molecule has 0 aliphatic rings. The van der Waals surface area contributed by atoms with Gasteiger partial charge in [0.25, 0.3) is 6.01 Å². The normalized spacial score (nSPS) is 10.8. The van der Waals surface area contributed by atoms with Crippen molar-refractivity contribution in [3.63, 3.8) is 0 Å². The lowest BCUT2D eigenvalue weighted by Gasteiger charge is -2.00. The van der Waals surface area contributed by atoms with Gasteiger partial charge in [-0.25, -0.2) is 0 Å². The zero-order valence-corrected chi connectivity index (χ0v) is 11.5. The van der Waals surface area contributed by atoms with E-state index in [-0.39, 0.29) is 0 Å². The minimum Gasteiger partial charge on any atom is -0.424 e. The highest BCUT2D eigenvalue weighted by Gasteiger charge is 2.05. The van der Waals surface area contributed by atoms with Crippen molar-refractivity contribution in [3.8, 4) is 0 Å². The van der Waals surface area contributed by atoms with Gasteiger partial charge in [0.05, 0.1) is 0 Å². The molecule has 0 radical (unpaired) electrons. The van der Waals surface area contributed by atoms with Crippen molar-refractivity contribution >= 4 is 17.1 Å². The average Bonchev–Trinajstić information content (AvgIpc) is 2.88. The molecule has 4 nitrogen and oxygen atoms in total. The topological polar surface area (TPSA) is 51.0 Å². The molecule has 3 rings (SSSR count). The number of aromatic nitrogens is 2. The Morgan fingerprint density at radius 1 is 1.15 bits per heavy atom. The van der Waals surface area contributed by atoms with Crippen LogP contribution in [0.2, 0.25) is 0 Å². The number of hydrogen-bond acceptors (Lipinski definition) is 4. The number of aryl methyl sites for hydroxylation is 2. The molecular formula is C16H17N3O. The summed E-state index contributed by atoms with van der Waals surface area (Å²) in [6.07, 6.45) is 3.71. The van der Waals surface area contributed by atoms with Gasteiger partial charge in [0.1, 0.15) is 5.52 Å². The molecule has 0 fully saturated rings. The number of rotatable bonds is 5. The summed E-state index contributed by atoms with van der Waals surface area (Å²) in [5, 5.41) is 3.09. The summed E-state index contributed by atoms with van der Waals surface area (Å²) in [7, 11) is 0. The van der Waals surface area contributed by atoms with Crippen LogP contribution in [0.25, 0.3) is 11.1 Å². The first-order valence-electron chi connectivity index (χ1n) is 6.88. The number of nitrogens with one attached hydrogen (secondary N) is 1. The van der Waals surface area contributed by atoms with E-state index in [1.54, 1.807) is 0 Å². The lowest BCUT2D eigenvalue weighted by atomic mass is 10.1. The first-order valence-corrected chi connectivity index (χ1v) is 6.88. The Bertz CT molecular complexity index is 691. The number of pyridine rings is 1. The van der Waals surface area contributed by atoms with Crippen molar-refractivity contribution in [1.29, 1.82) is 0 Å². The van der Waals surface area contributed by atoms with E-state index in [4.69, 9.17) is 4.42 Å². The van der Waals surface area contributed by atoms with Gasteiger partial charge in [0.15, 0.2) is 5.58 Å². The van der Waals surface area contributed by atoms with E-state index in [2.05, 4.69) is 33.5 Å². The highest BCUT2D eigenvalue weighted by molar-refractivity contribution is 5.75. The molecule has 0 saturated carbocycles. The molecule has 0 bridgehead atoms. The fourth-order valence-corrected chi connectivity index (χ4v) is 2.17. The fourth-order valence-electron chi connectivity index (χ4n) is 2.17. The summed E-state index contributed by atoms with van der Waals surface area (Å²) < 4.78 is 5.66. The van der Waals surface area contributed by atoms with Crippen molar-refractivity contribution < 1.29 is 4.42 Å². The number of nitrogens with zero attached hydrogens (tertiary/aromatic N) is 2. The van der Waals surface area contributed by atoms with Crippen LogP contribution in [0.5, 0.6) is 0 Å². The Kier molecular flexibility index (Phi) is 3.63. The van der Waals surface area contributed by atoms with Gasteiger partial charge in [-0.15, -0.1) is 0 Å². The summed E-state index contributed by atoms with van der Waals surface area (Å²) in [4.78, 5) is 8.71. The second-order valence-corrected chi connectivity index (χ2v) is 4.67. The smallest absolute Gasteiger partial charge is 0.295 e. The molecule has 0 amide bonds. The molecule has 3 aromatic rings. The van der Waals surface area contributed by atoms with Crippen molar-refractivity contribution in [1.82, 2.24) is 9.97 Å². The van der Waals surface area contributed by atoms with E-state index < -0.39 is 0 Å². The molecule has 102 valence electrons. The quantitative estimate of drug-likeness (QED) is 0.769. The summed E-state index contributed by atoms with van der Waals surface area (Å²) >= 11 is 0. The number of fused-ring (bicyclic) bond motifs is 1. The largest absolute Gasteiger partial charge is 0.424 e. The van der Waals surface area contributed by atoms with E-state index in [9.17, 15) is 0 Å². The van der Waals surface area contributed by atoms with Crippen molar-refractivity contribution in [2.45, 2.75) is 19.8 Å². The molecule has 0 unspecified atom stereocenters. The summed E-state index contributed by atoms with van der Waals surface area (Å²) in [5.74, 6) is 0. The maximum Gasteiger partial charge on any atom is 0.295 e. The van der Waals surface area contributed by atoms with Crippen LogP contribution in [0.15, 0.2) is 47.0 Å². The van der Waals surface area contributed by atoms with Gasteiger partial charge in [-0.1, -0.05) is 12.1 Å². The highest BCUT2D eigenvalue weighted by Crippen LogP contribution is 2.20. The Hall–Kier alpha value is -2.36. The van der Waals surface area contributed by atoms with E-state index >= 15 is 0 Å². The average molecular weight is 267 g/mol. The maximum absolute atomic E-state index is 5.66. The predicted molar refractivity (Wildman–Crippen MR) is 79.8 cm³/mol. The van der Waals surface area contributed by atoms with E-state index in [0.29, 0.717) is 6.01 Å². The summed E-state index contributed by atoms with van der Waals surface area (Å²) in [5.41, 5.74) is 4.07. The van der Waals surface area contributed by atoms with Gasteiger partial charge in [-0.2, -0.15) is 4.98 Å². The van der Waals surface area contributed by atoms with Gasteiger partial charge in [-0.3, -0.25) is 4.98 Å². The van der Waals surface area contributed by atoms with Crippen LogP contribution in [-0.4, -0.2) is 16.5 Å². The molecule has 20 heavy (non-hydrogen) atoms. The van der Waals surface area contributed by atoms with E-state index in [1.165, 1.54) is 5.56 Å². The van der Waals surface area contributed by atoms with Crippen molar-refractivity contribution in [2.75, 3.05) is 11.9 Å². The van der Waals surface area contributed by atoms with E-state index in [1.807, 2.05) is 31.3 Å². The third-order valence-electron chi connectivity index (χ3n) is 3.18. The van der Waals surface area contributed by atoms with Gasteiger partial charge in [0.2, 0.25) is 0 Å². The zero-order chi connectivity index (χ0) is 13.8. The lowest BCUT2D eigenvalue weighted by molar-refractivity contribution is 0.616. The maximum atomic E-state index is 5.66. The van der Waals surface area contributed by atoms with Crippen LogP contribution in [-0.2, 0) is 12.8 Å². The Morgan fingerprint density at radius 2 is 2.10 bits per heavy atom. The van der Waals surface area contributed by atoms with Crippen LogP contribution in [0.4, 0.5) is 6.01 Å². The molecule has 1 N–H and O–H groups in total. The molecule has 0 saturated heterocycles. The molecule has 0 spiro atoms. The second kappa shape index (κ2) is 5.74. The first kappa shape index (κ1) is 12.7. The molecule has 0 aliphatic carbocycles. The van der Waals surface area contributed by atoms with E-state index in [0.717, 1.165) is 36.2 Å². The molecular weight excluding hydrogens is 250 g/mol. The minimum absolute atomic E-state index is 0.587. The van der Waals surface area contributed by atoms with Crippen molar-refractivity contribution in [3.05, 3.63) is 53.9 Å². The zero-order valence-electron chi connectivity index (χ0n) is 11.5. The predicted octanol–water partition coefficient (Wildman–Crippen LogP) is 3.44. The first-order chi connectivity index (χ1) is 9.85. The number of anilines is 1. The summed E-state index contributed by atoms with van der Waals surface area (Å²) in [6.45, 7) is 2.83. The van der Waals surface area contributed by atoms with Crippen LogP contribution >= 0.6 is 0 Å². The molecule has 1 aromatic carbocycles. The fraction of sp³-hybridized carbons (Fsp3) is 0.250. The second-order valence-electron chi connectivity index (χ2n) is 4.67. The van der Waals surface area contributed by atoms with Gasteiger partial charge in [-0.05, 0) is 49.6 Å². The molecule has 0 atom stereocenters. The number of oxazole rings is 1. The lowest BCUT2D eigenvalue weighted by Crippen LogP contribution is -1.95. The highest BCUT2D eigenvalue weighted by atomic mass is 16.4. The standard InChI is InChI=1S/C16H17N3O/c1-2-17-16-19-14-9-7-12(11-15(14)20-16)6-8-13-5-3-4-10-18-13/h3-5,7,9-11H,2,6,8H2,1H3,(H,17,19). The molecule has 0 aliphatic heterocycles. The Labute approximate surface area is 117 Å². The van der Waals surface area contributed by atoms with Gasteiger partial charge >= 0.3 is 0 Å². The Balaban J connectivity index is 1.75. The van der Waals surface area contributed by atoms with Crippen LogP contribution in [0.1, 0.15) is 18.2 Å². The SMILES string of the molecule is CCNc1nc2ccc(CCc3ccccn3)cc2o1. The minimum atomic E-state index is 0.587. The molecule has 4 heteroatoms. The number of benzene rings is 1. The third kappa shape index (κ3) is 2.79. The third-order valence-corrected chi connectivity index (χ3v) is 3.18. The monoisotopic (exact) mass is 267 g/mol. The van der Waals surface area contributed by atoms with Crippen molar-refractivity contribution in [2.24, 2.45) is 0 Å². The molecule has 2 aromatic heterocycles. The Morgan fingerprint density at radius 3 is 2.90 bits per heavy atom.